The summed E-state index contributed by atoms with van der Waals surface area (Å²) >= 11 is 0. The fourth-order valence-corrected chi connectivity index (χ4v) is 1.79. The predicted octanol–water partition coefficient (Wildman–Crippen LogP) is 2.69. The molecule has 1 aromatic carbocycles. The molecule has 2 rings (SSSR count). The van der Waals surface area contributed by atoms with E-state index in [4.69, 9.17) is 0 Å². The lowest BCUT2D eigenvalue weighted by Gasteiger charge is -2.03. The summed E-state index contributed by atoms with van der Waals surface area (Å²) in [5.41, 5.74) is 2.95. The second-order valence-electron chi connectivity index (χ2n) is 3.94. The number of fused-ring (bicyclic) bond motifs is 1. The van der Waals surface area contributed by atoms with Crippen molar-refractivity contribution in [1.82, 2.24) is 0 Å². The van der Waals surface area contributed by atoms with Gasteiger partial charge in [-0.1, -0.05) is 25.1 Å². The Labute approximate surface area is 92.0 Å². The number of hydrogen-bond donors (Lipinski definition) is 1. The molecule has 0 aromatic heterocycles. The quantitative estimate of drug-likeness (QED) is 0.404. The Bertz CT molecular complexity index is 347. The first kappa shape index (κ1) is 13.0. The average Bonchev–Trinajstić information content (AvgIpc) is 2.41. The first-order chi connectivity index (χ1) is 7.29. The van der Waals surface area contributed by atoms with E-state index < -0.39 is 7.25 Å². The van der Waals surface area contributed by atoms with Crippen molar-refractivity contribution in [1.29, 1.82) is 0 Å². The number of quaternary nitrogens is 1. The van der Waals surface area contributed by atoms with Crippen LogP contribution >= 0.6 is 0 Å². The van der Waals surface area contributed by atoms with Crippen LogP contribution in [0, 0.1) is 0 Å². The smallest absolute Gasteiger partial charge is 0.418 e. The number of para-hydroxylation sites is 1. The van der Waals surface area contributed by atoms with Crippen LogP contribution in [-0.4, -0.2) is 13.3 Å². The van der Waals surface area contributed by atoms with Crippen LogP contribution in [0.15, 0.2) is 24.3 Å². The standard InChI is InChI=1S/C10H13N.BF4/c1-7-8(2)11-10-6-4-3-5-9(7)10;2-1(3,4)5/h3-8,11H,1-2H3;/q;-1/p+1. The van der Waals surface area contributed by atoms with Crippen LogP contribution < -0.4 is 5.32 Å². The lowest BCUT2D eigenvalue weighted by molar-refractivity contribution is -0.599. The van der Waals surface area contributed by atoms with Gasteiger partial charge in [0.25, 0.3) is 0 Å². The molecule has 16 heavy (non-hydrogen) atoms. The number of hydrogen-bond acceptors (Lipinski definition) is 0. The zero-order valence-corrected chi connectivity index (χ0v) is 9.13. The average molecular weight is 235 g/mol. The third-order valence-corrected chi connectivity index (χ3v) is 2.72. The second kappa shape index (κ2) is 4.87. The summed E-state index contributed by atoms with van der Waals surface area (Å²) in [6.07, 6.45) is 0. The Morgan fingerprint density at radius 1 is 1.06 bits per heavy atom. The SMILES string of the molecule is CC1[NH2+]c2ccccc2C1C.F[B-](F)(F)F. The van der Waals surface area contributed by atoms with Crippen molar-refractivity contribution in [3.8, 4) is 0 Å². The first-order valence-electron chi connectivity index (χ1n) is 5.10. The van der Waals surface area contributed by atoms with Gasteiger partial charge in [-0.2, -0.15) is 0 Å². The van der Waals surface area contributed by atoms with E-state index in [-0.39, 0.29) is 0 Å². The van der Waals surface area contributed by atoms with Crippen LogP contribution in [0.2, 0.25) is 0 Å². The first-order valence-corrected chi connectivity index (χ1v) is 5.10. The molecular formula is C10H14BF4N. The highest BCUT2D eigenvalue weighted by atomic mass is 19.5. The van der Waals surface area contributed by atoms with E-state index >= 15 is 0 Å². The van der Waals surface area contributed by atoms with E-state index in [1.807, 2.05) is 0 Å². The zero-order chi connectivity index (χ0) is 12.3. The Morgan fingerprint density at radius 2 is 1.56 bits per heavy atom. The Hall–Kier alpha value is -1.04. The highest BCUT2D eigenvalue weighted by molar-refractivity contribution is 6.50. The van der Waals surface area contributed by atoms with Crippen LogP contribution in [0.3, 0.4) is 0 Å². The Balaban J connectivity index is 0.000000221. The van der Waals surface area contributed by atoms with Crippen LogP contribution in [0.25, 0.3) is 0 Å². The van der Waals surface area contributed by atoms with Crippen molar-refractivity contribution in [2.75, 3.05) is 0 Å². The van der Waals surface area contributed by atoms with Gasteiger partial charge in [0.2, 0.25) is 0 Å². The molecule has 0 fully saturated rings. The summed E-state index contributed by atoms with van der Waals surface area (Å²) in [6.45, 7) is 4.58. The van der Waals surface area contributed by atoms with Gasteiger partial charge in [0, 0.05) is 11.5 Å². The molecule has 2 N–H and O–H groups in total. The summed E-state index contributed by atoms with van der Waals surface area (Å²) in [7, 11) is -6.00. The minimum atomic E-state index is -6.00. The molecule has 1 heterocycles. The lowest BCUT2D eigenvalue weighted by Crippen LogP contribution is -2.81. The molecule has 0 saturated carbocycles. The maximum absolute atomic E-state index is 9.75. The number of nitrogens with two attached hydrogens (primary N) is 1. The van der Waals surface area contributed by atoms with Gasteiger partial charge >= 0.3 is 7.25 Å². The van der Waals surface area contributed by atoms with Crippen LogP contribution in [0.4, 0.5) is 23.0 Å². The fraction of sp³-hybridized carbons (Fsp3) is 0.400. The highest BCUT2D eigenvalue weighted by Crippen LogP contribution is 2.27. The third-order valence-electron chi connectivity index (χ3n) is 2.72. The van der Waals surface area contributed by atoms with Gasteiger partial charge in [-0.3, -0.25) is 0 Å². The summed E-state index contributed by atoms with van der Waals surface area (Å²) in [4.78, 5) is 0. The van der Waals surface area contributed by atoms with Gasteiger partial charge in [-0.15, -0.1) is 0 Å². The van der Waals surface area contributed by atoms with E-state index in [0.717, 1.165) is 0 Å². The molecule has 0 bridgehead atoms. The normalized spacial score (nSPS) is 23.4. The largest absolute Gasteiger partial charge is 0.673 e. The van der Waals surface area contributed by atoms with Gasteiger partial charge in [-0.25, -0.2) is 0 Å². The number of rotatable bonds is 0. The molecule has 6 heteroatoms. The van der Waals surface area contributed by atoms with E-state index in [1.54, 1.807) is 0 Å². The van der Waals surface area contributed by atoms with Crippen molar-refractivity contribution in [2.45, 2.75) is 25.8 Å². The number of halogens is 4. The monoisotopic (exact) mass is 235 g/mol. The molecular weight excluding hydrogens is 221 g/mol. The topological polar surface area (TPSA) is 16.6 Å². The molecule has 2 unspecified atom stereocenters. The Morgan fingerprint density at radius 3 is 2.06 bits per heavy atom. The van der Waals surface area contributed by atoms with E-state index in [1.165, 1.54) is 11.3 Å². The molecule has 90 valence electrons. The maximum atomic E-state index is 9.75. The predicted molar refractivity (Wildman–Crippen MR) is 56.1 cm³/mol. The fourth-order valence-electron chi connectivity index (χ4n) is 1.79. The van der Waals surface area contributed by atoms with E-state index in [2.05, 4.69) is 43.4 Å². The maximum Gasteiger partial charge on any atom is 0.673 e. The number of benzene rings is 1. The molecule has 0 aliphatic carbocycles. The van der Waals surface area contributed by atoms with E-state index in [0.29, 0.717) is 12.0 Å². The molecule has 1 aliphatic rings. The molecule has 1 nitrogen and oxygen atoms in total. The molecule has 0 amide bonds. The summed E-state index contributed by atoms with van der Waals surface area (Å²) in [5.74, 6) is 0.714. The van der Waals surface area contributed by atoms with E-state index in [9.17, 15) is 17.3 Å². The Kier molecular flexibility index (Phi) is 3.96. The van der Waals surface area contributed by atoms with Crippen LogP contribution in [0.5, 0.6) is 0 Å². The lowest BCUT2D eigenvalue weighted by atomic mass is 9.99. The summed E-state index contributed by atoms with van der Waals surface area (Å²) in [6, 6.07) is 9.39. The van der Waals surface area contributed by atoms with Crippen molar-refractivity contribution in [3.05, 3.63) is 29.8 Å². The van der Waals surface area contributed by atoms with Crippen molar-refractivity contribution in [2.24, 2.45) is 0 Å². The van der Waals surface area contributed by atoms with Crippen molar-refractivity contribution in [3.63, 3.8) is 0 Å². The molecule has 1 aliphatic heterocycles. The van der Waals surface area contributed by atoms with Crippen LogP contribution in [0.1, 0.15) is 25.3 Å². The molecule has 0 radical (unpaired) electrons. The van der Waals surface area contributed by atoms with Crippen molar-refractivity contribution < 1.29 is 22.6 Å². The molecule has 0 saturated heterocycles. The highest BCUT2D eigenvalue weighted by Gasteiger charge is 2.28. The third kappa shape index (κ3) is 3.85. The minimum Gasteiger partial charge on any atom is -0.418 e. The zero-order valence-electron chi connectivity index (χ0n) is 9.13. The van der Waals surface area contributed by atoms with Gasteiger partial charge in [-0.05, 0) is 13.0 Å². The molecule has 0 spiro atoms. The van der Waals surface area contributed by atoms with Crippen LogP contribution in [-0.2, 0) is 0 Å². The summed E-state index contributed by atoms with van der Waals surface area (Å²) < 4.78 is 39.0. The second-order valence-corrected chi connectivity index (χ2v) is 3.94. The molecule has 1 aromatic rings. The molecule has 2 atom stereocenters. The summed E-state index contributed by atoms with van der Waals surface area (Å²) in [5, 5.41) is 2.36. The van der Waals surface area contributed by atoms with Gasteiger partial charge in [0.1, 0.15) is 5.69 Å². The minimum absolute atomic E-state index is 0.714. The van der Waals surface area contributed by atoms with Gasteiger partial charge < -0.3 is 22.6 Å². The van der Waals surface area contributed by atoms with Gasteiger partial charge in [0.05, 0.1) is 6.04 Å². The van der Waals surface area contributed by atoms with Crippen molar-refractivity contribution >= 4 is 12.9 Å². The van der Waals surface area contributed by atoms with Gasteiger partial charge in [0.15, 0.2) is 0 Å².